The van der Waals surface area contributed by atoms with E-state index < -0.39 is 16.1 Å². The number of carbonyl (C=O) groups is 1. The van der Waals surface area contributed by atoms with Crippen LogP contribution in [-0.2, 0) is 10.0 Å². The van der Waals surface area contributed by atoms with Gasteiger partial charge >= 0.3 is 0 Å². The van der Waals surface area contributed by atoms with Crippen molar-refractivity contribution in [2.45, 2.75) is 31.7 Å². The second-order valence-corrected chi connectivity index (χ2v) is 11.7. The fourth-order valence-electron chi connectivity index (χ4n) is 4.77. The van der Waals surface area contributed by atoms with Gasteiger partial charge in [0.05, 0.1) is 23.5 Å². The summed E-state index contributed by atoms with van der Waals surface area (Å²) in [5, 5.41) is 3.30. The number of nitrogens with zero attached hydrogens (tertiary/aromatic N) is 1. The zero-order valence-electron chi connectivity index (χ0n) is 21.9. The maximum Gasteiger partial charge on any atom is 0.255 e. The van der Waals surface area contributed by atoms with Gasteiger partial charge in [0, 0.05) is 30.6 Å². The van der Waals surface area contributed by atoms with Crippen LogP contribution in [0.1, 0.15) is 41.6 Å². The Labute approximate surface area is 226 Å². The van der Waals surface area contributed by atoms with Crippen molar-refractivity contribution < 1.29 is 26.8 Å². The third kappa shape index (κ3) is 5.35. The van der Waals surface area contributed by atoms with Crippen LogP contribution in [0.2, 0.25) is 0 Å². The third-order valence-electron chi connectivity index (χ3n) is 6.81. The molecule has 1 saturated carbocycles. The molecule has 1 aliphatic carbocycles. The monoisotopic (exact) mass is 551 g/mol. The van der Waals surface area contributed by atoms with Gasteiger partial charge in [0.2, 0.25) is 10.0 Å². The molecule has 1 aromatic heterocycles. The summed E-state index contributed by atoms with van der Waals surface area (Å²) in [4.78, 5) is 13.1. The van der Waals surface area contributed by atoms with Gasteiger partial charge in [-0.1, -0.05) is 0 Å². The van der Waals surface area contributed by atoms with Crippen molar-refractivity contribution >= 4 is 32.6 Å². The summed E-state index contributed by atoms with van der Waals surface area (Å²) in [7, 11) is -2.09. The molecule has 1 atom stereocenters. The van der Waals surface area contributed by atoms with Crippen LogP contribution in [-0.4, -0.2) is 40.2 Å². The SMILES string of the molecule is CNC(=O)c1c(-c2ccc(Oc3ccc(F)cc3)cc2)oc2cc(N(C(C)CN)S(C)(=O)=O)c(C3CC3)cc12. The van der Waals surface area contributed by atoms with E-state index in [1.54, 1.807) is 44.3 Å². The van der Waals surface area contributed by atoms with Crippen LogP contribution >= 0.6 is 0 Å². The molecule has 5 rings (SSSR count). The van der Waals surface area contributed by atoms with Gasteiger partial charge in [-0.05, 0) is 85.8 Å². The number of halogens is 1. The summed E-state index contributed by atoms with van der Waals surface area (Å²) in [5.74, 6) is 0.892. The molecule has 0 aliphatic heterocycles. The highest BCUT2D eigenvalue weighted by Gasteiger charge is 2.34. The number of benzene rings is 3. The van der Waals surface area contributed by atoms with Gasteiger partial charge in [-0.3, -0.25) is 9.10 Å². The third-order valence-corrected chi connectivity index (χ3v) is 8.08. The lowest BCUT2D eigenvalue weighted by atomic mass is 10.00. The Hall–Kier alpha value is -3.89. The van der Waals surface area contributed by atoms with Gasteiger partial charge in [0.25, 0.3) is 5.91 Å². The first-order valence-corrected chi connectivity index (χ1v) is 14.5. The predicted octanol–water partition coefficient (Wildman–Crippen LogP) is 5.38. The Morgan fingerprint density at radius 1 is 1.13 bits per heavy atom. The largest absolute Gasteiger partial charge is 0.457 e. The van der Waals surface area contributed by atoms with E-state index in [0.29, 0.717) is 45.0 Å². The summed E-state index contributed by atoms with van der Waals surface area (Å²) in [6.07, 6.45) is 3.03. The Bertz CT molecular complexity index is 1630. The number of amides is 1. The van der Waals surface area contributed by atoms with Gasteiger partial charge in [-0.15, -0.1) is 0 Å². The maximum absolute atomic E-state index is 13.2. The number of hydrogen-bond donors (Lipinski definition) is 2. The van der Waals surface area contributed by atoms with Crippen LogP contribution in [0.5, 0.6) is 11.5 Å². The summed E-state index contributed by atoms with van der Waals surface area (Å²) < 4.78 is 52.3. The zero-order valence-corrected chi connectivity index (χ0v) is 22.7. The average Bonchev–Trinajstić information content (AvgIpc) is 3.69. The number of carbonyl (C=O) groups excluding carboxylic acids is 1. The van der Waals surface area contributed by atoms with E-state index in [-0.39, 0.29) is 24.2 Å². The van der Waals surface area contributed by atoms with Crippen molar-refractivity contribution in [3.8, 4) is 22.8 Å². The molecule has 0 spiro atoms. The number of anilines is 1. The summed E-state index contributed by atoms with van der Waals surface area (Å²) in [6, 6.07) is 15.8. The van der Waals surface area contributed by atoms with E-state index in [9.17, 15) is 17.6 Å². The molecule has 0 radical (unpaired) electrons. The molecule has 1 fully saturated rings. The molecule has 1 aliphatic rings. The van der Waals surface area contributed by atoms with Gasteiger partial charge in [0.15, 0.2) is 0 Å². The number of nitrogens with one attached hydrogen (secondary N) is 1. The van der Waals surface area contributed by atoms with E-state index in [0.717, 1.165) is 18.4 Å². The molecule has 1 amide bonds. The number of hydrogen-bond acceptors (Lipinski definition) is 6. The van der Waals surface area contributed by atoms with Crippen molar-refractivity contribution in [3.63, 3.8) is 0 Å². The highest BCUT2D eigenvalue weighted by atomic mass is 32.2. The van der Waals surface area contributed by atoms with Crippen molar-refractivity contribution in [2.75, 3.05) is 24.2 Å². The molecule has 8 nitrogen and oxygen atoms in total. The first kappa shape index (κ1) is 26.7. The quantitative estimate of drug-likeness (QED) is 0.289. The molecule has 10 heteroatoms. The average molecular weight is 552 g/mol. The summed E-state index contributed by atoms with van der Waals surface area (Å²) >= 11 is 0. The second-order valence-electron chi connectivity index (χ2n) is 9.79. The van der Waals surface area contributed by atoms with Crippen LogP contribution in [0.4, 0.5) is 10.1 Å². The highest BCUT2D eigenvalue weighted by molar-refractivity contribution is 7.92. The molecule has 0 bridgehead atoms. The molecule has 39 heavy (non-hydrogen) atoms. The maximum atomic E-state index is 13.2. The van der Waals surface area contributed by atoms with Gasteiger partial charge in [0.1, 0.15) is 28.7 Å². The first-order chi connectivity index (χ1) is 18.6. The van der Waals surface area contributed by atoms with Gasteiger partial charge < -0.3 is 20.2 Å². The summed E-state index contributed by atoms with van der Waals surface area (Å²) in [6.45, 7) is 1.91. The second kappa shape index (κ2) is 10.3. The number of furan rings is 1. The number of sulfonamides is 1. The van der Waals surface area contributed by atoms with Crippen LogP contribution in [0.3, 0.4) is 0 Å². The number of fused-ring (bicyclic) bond motifs is 1. The Kier molecular flexibility index (Phi) is 7.09. The fraction of sp³-hybridized carbons (Fsp3) is 0.276. The fourth-order valence-corrected chi connectivity index (χ4v) is 6.02. The first-order valence-electron chi connectivity index (χ1n) is 12.7. The van der Waals surface area contributed by atoms with Crippen LogP contribution in [0, 0.1) is 5.82 Å². The van der Waals surface area contributed by atoms with Gasteiger partial charge in [-0.25, -0.2) is 12.8 Å². The molecule has 1 unspecified atom stereocenters. The molecule has 0 saturated heterocycles. The van der Waals surface area contributed by atoms with E-state index >= 15 is 0 Å². The van der Waals surface area contributed by atoms with E-state index in [4.69, 9.17) is 14.9 Å². The molecule has 204 valence electrons. The van der Waals surface area contributed by atoms with E-state index in [1.807, 2.05) is 6.07 Å². The van der Waals surface area contributed by atoms with Crippen molar-refractivity contribution in [2.24, 2.45) is 5.73 Å². The molecule has 3 aromatic carbocycles. The van der Waals surface area contributed by atoms with Crippen molar-refractivity contribution in [3.05, 3.63) is 77.6 Å². The lowest BCUT2D eigenvalue weighted by Crippen LogP contribution is -2.42. The minimum atomic E-state index is -3.64. The van der Waals surface area contributed by atoms with Gasteiger partial charge in [-0.2, -0.15) is 0 Å². The smallest absolute Gasteiger partial charge is 0.255 e. The molecule has 4 aromatic rings. The Balaban J connectivity index is 1.62. The van der Waals surface area contributed by atoms with Crippen LogP contribution in [0.25, 0.3) is 22.3 Å². The van der Waals surface area contributed by atoms with Crippen molar-refractivity contribution in [1.82, 2.24) is 5.32 Å². The van der Waals surface area contributed by atoms with Crippen molar-refractivity contribution in [1.29, 1.82) is 0 Å². The highest BCUT2D eigenvalue weighted by Crippen LogP contribution is 2.48. The lowest BCUT2D eigenvalue weighted by molar-refractivity contribution is 0.0964. The number of nitrogens with two attached hydrogens (primary N) is 1. The summed E-state index contributed by atoms with van der Waals surface area (Å²) in [5.41, 5.74) is 8.66. The van der Waals surface area contributed by atoms with E-state index in [2.05, 4.69) is 5.32 Å². The lowest BCUT2D eigenvalue weighted by Gasteiger charge is -2.30. The minimum absolute atomic E-state index is 0.147. The zero-order chi connectivity index (χ0) is 27.9. The minimum Gasteiger partial charge on any atom is -0.457 e. The Morgan fingerprint density at radius 2 is 1.74 bits per heavy atom. The van der Waals surface area contributed by atoms with Crippen LogP contribution < -0.4 is 20.1 Å². The molecular weight excluding hydrogens is 521 g/mol. The topological polar surface area (TPSA) is 115 Å². The predicted molar refractivity (Wildman–Crippen MR) is 149 cm³/mol. The number of rotatable bonds is 9. The number of ether oxygens (including phenoxy) is 1. The van der Waals surface area contributed by atoms with Crippen LogP contribution in [0.15, 0.2) is 65.1 Å². The standard InChI is InChI=1S/C29H30FN3O5S/c1-17(16-31)33(39(3,35)36)25-15-26-24(14-23(25)18-4-5-18)27(29(34)32-2)28(38-26)19-6-10-21(11-7-19)37-22-12-8-20(30)9-13-22/h6-15,17-18H,4-5,16,31H2,1-3H3,(H,32,34). The van der Waals surface area contributed by atoms with E-state index in [1.165, 1.54) is 34.8 Å². The Morgan fingerprint density at radius 3 is 2.28 bits per heavy atom. The molecular formula is C29H30FN3O5S. The normalized spacial score (nSPS) is 14.3. The molecule has 1 heterocycles. The molecule has 3 N–H and O–H groups in total.